The molecule has 2 unspecified atom stereocenters. The molecule has 3 nitrogen and oxygen atoms in total. The highest BCUT2D eigenvalue weighted by Crippen LogP contribution is 2.31. The van der Waals surface area contributed by atoms with Crippen molar-refractivity contribution in [1.82, 2.24) is 9.97 Å². The smallest absolute Gasteiger partial charge is 0.200 e. The van der Waals surface area contributed by atoms with Gasteiger partial charge in [0.05, 0.1) is 0 Å². The molecule has 60 valence electrons. The van der Waals surface area contributed by atoms with Gasteiger partial charge in [0.1, 0.15) is 0 Å². The second-order valence-corrected chi connectivity index (χ2v) is 3.38. The van der Waals surface area contributed by atoms with Crippen LogP contribution in [0.2, 0.25) is 0 Å². The number of H-pyrrole nitrogens is 1. The van der Waals surface area contributed by atoms with Crippen molar-refractivity contribution in [3.8, 4) is 0 Å². The lowest BCUT2D eigenvalue weighted by Crippen LogP contribution is -2.04. The highest BCUT2D eigenvalue weighted by atomic mass is 15.1. The molecule has 2 N–H and O–H groups in total. The minimum Gasteiger partial charge on any atom is -0.353 e. The third kappa shape index (κ3) is 1.37. The van der Waals surface area contributed by atoms with E-state index < -0.39 is 0 Å². The summed E-state index contributed by atoms with van der Waals surface area (Å²) in [5.74, 6) is 1.73. The minimum atomic E-state index is 0.653. The monoisotopic (exact) mass is 151 g/mol. The normalized spacial score (nSPS) is 28.5. The number of hydrogen-bond acceptors (Lipinski definition) is 2. The van der Waals surface area contributed by atoms with Crippen molar-refractivity contribution in [2.75, 3.05) is 5.32 Å². The second kappa shape index (κ2) is 2.26. The second-order valence-electron chi connectivity index (χ2n) is 3.38. The number of aromatic nitrogens is 2. The van der Waals surface area contributed by atoms with E-state index in [4.69, 9.17) is 0 Å². The molecule has 1 aliphatic carbocycles. The molecule has 0 bridgehead atoms. The number of nitrogens with one attached hydrogen (secondary N) is 2. The molecule has 0 spiro atoms. The summed E-state index contributed by atoms with van der Waals surface area (Å²) >= 11 is 0. The summed E-state index contributed by atoms with van der Waals surface area (Å²) in [6.07, 6.45) is 3.12. The molecule has 0 saturated heterocycles. The van der Waals surface area contributed by atoms with Gasteiger partial charge in [0.15, 0.2) is 0 Å². The van der Waals surface area contributed by atoms with E-state index in [0.717, 1.165) is 17.6 Å². The summed E-state index contributed by atoms with van der Waals surface area (Å²) in [4.78, 5) is 7.31. The molecule has 1 aromatic heterocycles. The maximum atomic E-state index is 4.16. The van der Waals surface area contributed by atoms with E-state index in [1.54, 1.807) is 0 Å². The summed E-state index contributed by atoms with van der Waals surface area (Å²) in [5.41, 5.74) is 1.11. The molecular formula is C8H13N3. The Bertz CT molecular complexity index is 254. The molecular weight excluding hydrogens is 138 g/mol. The van der Waals surface area contributed by atoms with Crippen LogP contribution in [-0.4, -0.2) is 16.0 Å². The van der Waals surface area contributed by atoms with Crippen LogP contribution in [0, 0.1) is 12.8 Å². The first-order valence-corrected chi connectivity index (χ1v) is 4.04. The SMILES string of the molecule is Cc1cnc(NC2CC2C)[nH]1. The number of aromatic amines is 1. The first kappa shape index (κ1) is 6.70. The van der Waals surface area contributed by atoms with E-state index in [1.807, 2.05) is 13.1 Å². The van der Waals surface area contributed by atoms with Crippen molar-refractivity contribution < 1.29 is 0 Å². The van der Waals surface area contributed by atoms with Gasteiger partial charge in [-0.25, -0.2) is 4.98 Å². The van der Waals surface area contributed by atoms with Gasteiger partial charge in [0.25, 0.3) is 0 Å². The van der Waals surface area contributed by atoms with Crippen molar-refractivity contribution in [1.29, 1.82) is 0 Å². The summed E-state index contributed by atoms with van der Waals surface area (Å²) in [5, 5.41) is 3.32. The Hall–Kier alpha value is -0.990. The van der Waals surface area contributed by atoms with Crippen molar-refractivity contribution in [2.24, 2.45) is 5.92 Å². The van der Waals surface area contributed by atoms with E-state index >= 15 is 0 Å². The number of imidazole rings is 1. The van der Waals surface area contributed by atoms with Crippen LogP contribution in [0.25, 0.3) is 0 Å². The van der Waals surface area contributed by atoms with Gasteiger partial charge >= 0.3 is 0 Å². The summed E-state index contributed by atoms with van der Waals surface area (Å²) in [6, 6.07) is 0.653. The maximum Gasteiger partial charge on any atom is 0.200 e. The molecule has 1 aromatic rings. The predicted octanol–water partition coefficient (Wildman–Crippen LogP) is 1.54. The Morgan fingerprint density at radius 2 is 2.45 bits per heavy atom. The van der Waals surface area contributed by atoms with Crippen molar-refractivity contribution >= 4 is 5.95 Å². The van der Waals surface area contributed by atoms with Gasteiger partial charge in [-0.2, -0.15) is 0 Å². The van der Waals surface area contributed by atoms with Crippen LogP contribution in [0.3, 0.4) is 0 Å². The molecule has 1 heterocycles. The van der Waals surface area contributed by atoms with Gasteiger partial charge in [-0.1, -0.05) is 6.92 Å². The first-order valence-electron chi connectivity index (χ1n) is 4.04. The lowest BCUT2D eigenvalue weighted by Gasteiger charge is -1.97. The fourth-order valence-corrected chi connectivity index (χ4v) is 1.18. The molecule has 0 radical (unpaired) electrons. The highest BCUT2D eigenvalue weighted by Gasteiger charge is 2.32. The minimum absolute atomic E-state index is 0.653. The zero-order valence-corrected chi connectivity index (χ0v) is 6.89. The van der Waals surface area contributed by atoms with E-state index in [-0.39, 0.29) is 0 Å². The summed E-state index contributed by atoms with van der Waals surface area (Å²) in [7, 11) is 0. The molecule has 0 aromatic carbocycles. The molecule has 1 saturated carbocycles. The summed E-state index contributed by atoms with van der Waals surface area (Å²) in [6.45, 7) is 4.25. The van der Waals surface area contributed by atoms with Crippen molar-refractivity contribution in [3.05, 3.63) is 11.9 Å². The standard InChI is InChI=1S/C8H13N3/c1-5-3-7(5)11-8-9-4-6(2)10-8/h4-5,7H,3H2,1-2H3,(H2,9,10,11). The zero-order chi connectivity index (χ0) is 7.84. The Balaban J connectivity index is 1.96. The Kier molecular flexibility index (Phi) is 1.37. The molecule has 2 atom stereocenters. The molecule has 11 heavy (non-hydrogen) atoms. The van der Waals surface area contributed by atoms with Crippen LogP contribution in [0.5, 0.6) is 0 Å². The number of nitrogens with zero attached hydrogens (tertiary/aromatic N) is 1. The quantitative estimate of drug-likeness (QED) is 0.673. The van der Waals surface area contributed by atoms with Crippen LogP contribution in [0.4, 0.5) is 5.95 Å². The van der Waals surface area contributed by atoms with Gasteiger partial charge in [0.2, 0.25) is 5.95 Å². The van der Waals surface area contributed by atoms with E-state index in [0.29, 0.717) is 6.04 Å². The zero-order valence-electron chi connectivity index (χ0n) is 6.89. The van der Waals surface area contributed by atoms with Crippen molar-refractivity contribution in [3.63, 3.8) is 0 Å². The van der Waals surface area contributed by atoms with E-state index in [2.05, 4.69) is 22.2 Å². The van der Waals surface area contributed by atoms with E-state index in [1.165, 1.54) is 6.42 Å². The number of hydrogen-bond donors (Lipinski definition) is 2. The van der Waals surface area contributed by atoms with Crippen LogP contribution in [0.1, 0.15) is 19.0 Å². The fraction of sp³-hybridized carbons (Fsp3) is 0.625. The number of rotatable bonds is 2. The van der Waals surface area contributed by atoms with Gasteiger partial charge in [0, 0.05) is 17.9 Å². The van der Waals surface area contributed by atoms with E-state index in [9.17, 15) is 0 Å². The van der Waals surface area contributed by atoms with Crippen molar-refractivity contribution in [2.45, 2.75) is 26.3 Å². The molecule has 2 rings (SSSR count). The average molecular weight is 151 g/mol. The molecule has 1 aliphatic rings. The van der Waals surface area contributed by atoms with Crippen LogP contribution in [-0.2, 0) is 0 Å². The highest BCUT2D eigenvalue weighted by molar-refractivity contribution is 5.30. The molecule has 3 heteroatoms. The van der Waals surface area contributed by atoms with Gasteiger partial charge < -0.3 is 10.3 Å². The molecule has 0 aliphatic heterocycles. The van der Waals surface area contributed by atoms with Gasteiger partial charge in [-0.15, -0.1) is 0 Å². The predicted molar refractivity (Wildman–Crippen MR) is 44.5 cm³/mol. The van der Waals surface area contributed by atoms with Crippen LogP contribution >= 0.6 is 0 Å². The molecule has 1 fully saturated rings. The fourth-order valence-electron chi connectivity index (χ4n) is 1.18. The van der Waals surface area contributed by atoms with Crippen LogP contribution < -0.4 is 5.32 Å². The third-order valence-electron chi connectivity index (χ3n) is 2.13. The Labute approximate surface area is 66.2 Å². The lowest BCUT2D eigenvalue weighted by atomic mass is 10.5. The number of aryl methyl sites for hydroxylation is 1. The Morgan fingerprint density at radius 1 is 1.73 bits per heavy atom. The first-order chi connectivity index (χ1) is 5.25. The topological polar surface area (TPSA) is 40.7 Å². The largest absolute Gasteiger partial charge is 0.353 e. The number of anilines is 1. The van der Waals surface area contributed by atoms with Crippen LogP contribution in [0.15, 0.2) is 6.20 Å². The Morgan fingerprint density at radius 3 is 2.91 bits per heavy atom. The van der Waals surface area contributed by atoms with Gasteiger partial charge in [-0.3, -0.25) is 0 Å². The average Bonchev–Trinajstić information content (AvgIpc) is 2.42. The van der Waals surface area contributed by atoms with Gasteiger partial charge in [-0.05, 0) is 19.3 Å². The lowest BCUT2D eigenvalue weighted by molar-refractivity contribution is 0.919. The maximum absolute atomic E-state index is 4.16. The summed E-state index contributed by atoms with van der Waals surface area (Å²) < 4.78 is 0. The third-order valence-corrected chi connectivity index (χ3v) is 2.13. The molecule has 0 amide bonds.